The van der Waals surface area contributed by atoms with Crippen LogP contribution in [-0.2, 0) is 10.0 Å². The van der Waals surface area contributed by atoms with Crippen molar-refractivity contribution in [2.24, 2.45) is 11.8 Å². The van der Waals surface area contributed by atoms with Gasteiger partial charge in [0.25, 0.3) is 0 Å². The third-order valence-corrected chi connectivity index (χ3v) is 6.05. The van der Waals surface area contributed by atoms with E-state index in [4.69, 9.17) is 4.74 Å². The van der Waals surface area contributed by atoms with Crippen molar-refractivity contribution < 1.29 is 13.2 Å². The van der Waals surface area contributed by atoms with Gasteiger partial charge in [-0.2, -0.15) is 0 Å². The van der Waals surface area contributed by atoms with Gasteiger partial charge in [0, 0.05) is 33.7 Å². The summed E-state index contributed by atoms with van der Waals surface area (Å²) in [6, 6.07) is 6.63. The van der Waals surface area contributed by atoms with Gasteiger partial charge in [0.2, 0.25) is 10.0 Å². The van der Waals surface area contributed by atoms with Crippen molar-refractivity contribution in [2.45, 2.75) is 25.2 Å². The average molecular weight is 340 g/mol. The summed E-state index contributed by atoms with van der Waals surface area (Å²) >= 11 is 0. The predicted molar refractivity (Wildman–Crippen MR) is 92.2 cm³/mol. The van der Waals surface area contributed by atoms with Crippen molar-refractivity contribution in [1.29, 1.82) is 0 Å². The summed E-state index contributed by atoms with van der Waals surface area (Å²) in [7, 11) is -0.318. The molecule has 1 aromatic carbocycles. The van der Waals surface area contributed by atoms with Crippen molar-refractivity contribution in [3.63, 3.8) is 0 Å². The van der Waals surface area contributed by atoms with E-state index >= 15 is 0 Å². The summed E-state index contributed by atoms with van der Waals surface area (Å²) in [6.45, 7) is 8.40. The summed E-state index contributed by atoms with van der Waals surface area (Å²) in [6.07, 6.45) is 1.30. The third kappa shape index (κ3) is 4.93. The maximum Gasteiger partial charge on any atom is 0.242 e. The molecule has 1 heterocycles. The van der Waals surface area contributed by atoms with E-state index in [2.05, 4.69) is 18.7 Å². The zero-order chi connectivity index (χ0) is 17.0. The lowest BCUT2D eigenvalue weighted by Gasteiger charge is -2.34. The van der Waals surface area contributed by atoms with Crippen LogP contribution in [0.1, 0.15) is 20.3 Å². The largest absolute Gasteiger partial charge is 0.492 e. The molecule has 0 bridgehead atoms. The van der Waals surface area contributed by atoms with Gasteiger partial charge < -0.3 is 4.74 Å². The number of likely N-dealkylation sites (tertiary alicyclic amines) is 1. The number of hydrogen-bond donors (Lipinski definition) is 0. The quantitative estimate of drug-likeness (QED) is 0.797. The summed E-state index contributed by atoms with van der Waals surface area (Å²) in [4.78, 5) is 2.73. The van der Waals surface area contributed by atoms with Crippen molar-refractivity contribution in [1.82, 2.24) is 9.21 Å². The van der Waals surface area contributed by atoms with Gasteiger partial charge in [0.05, 0.1) is 4.90 Å². The minimum atomic E-state index is -3.37. The van der Waals surface area contributed by atoms with E-state index in [1.807, 2.05) is 0 Å². The van der Waals surface area contributed by atoms with E-state index in [0.29, 0.717) is 12.4 Å². The van der Waals surface area contributed by atoms with Gasteiger partial charge in [-0.3, -0.25) is 4.90 Å². The second-order valence-electron chi connectivity index (χ2n) is 6.81. The van der Waals surface area contributed by atoms with E-state index in [1.165, 1.54) is 24.8 Å². The Balaban J connectivity index is 1.85. The number of benzene rings is 1. The number of piperidine rings is 1. The van der Waals surface area contributed by atoms with Gasteiger partial charge in [-0.25, -0.2) is 12.7 Å². The van der Waals surface area contributed by atoms with Gasteiger partial charge in [-0.1, -0.05) is 13.8 Å². The number of hydrogen-bond acceptors (Lipinski definition) is 4. The molecule has 5 nitrogen and oxygen atoms in total. The van der Waals surface area contributed by atoms with E-state index in [0.717, 1.165) is 31.5 Å². The smallest absolute Gasteiger partial charge is 0.242 e. The topological polar surface area (TPSA) is 49.9 Å². The van der Waals surface area contributed by atoms with Crippen LogP contribution in [0.2, 0.25) is 0 Å². The van der Waals surface area contributed by atoms with Crippen LogP contribution in [0.3, 0.4) is 0 Å². The minimum absolute atomic E-state index is 0.286. The van der Waals surface area contributed by atoms with Crippen LogP contribution in [0, 0.1) is 11.8 Å². The molecule has 0 aliphatic carbocycles. The molecule has 2 atom stereocenters. The highest BCUT2D eigenvalue weighted by molar-refractivity contribution is 7.89. The van der Waals surface area contributed by atoms with Crippen molar-refractivity contribution in [3.05, 3.63) is 24.3 Å². The summed E-state index contributed by atoms with van der Waals surface area (Å²) in [5.74, 6) is 2.20. The molecule has 0 saturated carbocycles. The molecular formula is C17H28N2O3S. The number of sulfonamides is 1. The lowest BCUT2D eigenvalue weighted by atomic mass is 9.92. The van der Waals surface area contributed by atoms with Crippen LogP contribution in [0.25, 0.3) is 0 Å². The van der Waals surface area contributed by atoms with E-state index in [1.54, 1.807) is 24.3 Å². The first-order valence-corrected chi connectivity index (χ1v) is 9.61. The maximum absolute atomic E-state index is 12.0. The molecule has 1 saturated heterocycles. The zero-order valence-corrected chi connectivity index (χ0v) is 15.3. The second-order valence-corrected chi connectivity index (χ2v) is 8.96. The number of rotatable bonds is 6. The molecule has 0 aromatic heterocycles. The monoisotopic (exact) mass is 340 g/mol. The fourth-order valence-corrected chi connectivity index (χ4v) is 4.09. The fraction of sp³-hybridized carbons (Fsp3) is 0.647. The zero-order valence-electron chi connectivity index (χ0n) is 14.5. The standard InChI is InChI=1S/C17H28N2O3S/c1-14-11-15(2)13-19(12-14)9-10-22-16-5-7-17(8-6-16)23(20,21)18(3)4/h5-8,14-15H,9-13H2,1-4H3. The van der Waals surface area contributed by atoms with Gasteiger partial charge in [0.15, 0.2) is 0 Å². The molecule has 1 aliphatic rings. The maximum atomic E-state index is 12.0. The SMILES string of the molecule is CC1CC(C)CN(CCOc2ccc(S(=O)(=O)N(C)C)cc2)C1. The lowest BCUT2D eigenvalue weighted by molar-refractivity contribution is 0.120. The second kappa shape index (κ2) is 7.64. The Kier molecular flexibility index (Phi) is 6.06. The van der Waals surface area contributed by atoms with Crippen molar-refractivity contribution >= 4 is 10.0 Å². The molecule has 6 heteroatoms. The average Bonchev–Trinajstić information content (AvgIpc) is 2.46. The first-order valence-electron chi connectivity index (χ1n) is 8.17. The van der Waals surface area contributed by atoms with Gasteiger partial charge in [0.1, 0.15) is 12.4 Å². The van der Waals surface area contributed by atoms with Crippen LogP contribution < -0.4 is 4.74 Å². The van der Waals surface area contributed by atoms with E-state index in [-0.39, 0.29) is 4.90 Å². The fourth-order valence-electron chi connectivity index (χ4n) is 3.19. The summed E-state index contributed by atoms with van der Waals surface area (Å²) < 4.78 is 31.0. The molecule has 2 rings (SSSR count). The summed E-state index contributed by atoms with van der Waals surface area (Å²) in [5, 5.41) is 0. The first-order chi connectivity index (χ1) is 10.8. The Morgan fingerprint density at radius 1 is 1.13 bits per heavy atom. The number of ether oxygens (including phenoxy) is 1. The normalized spacial score (nSPS) is 23.2. The first kappa shape index (κ1) is 18.2. The third-order valence-electron chi connectivity index (χ3n) is 4.22. The Hall–Kier alpha value is -1.11. The lowest BCUT2D eigenvalue weighted by Crippen LogP contribution is -2.40. The molecule has 0 N–H and O–H groups in total. The van der Waals surface area contributed by atoms with Crippen molar-refractivity contribution in [2.75, 3.05) is 40.3 Å². The Labute approximate surface area is 140 Å². The van der Waals surface area contributed by atoms with Crippen LogP contribution in [0.15, 0.2) is 29.2 Å². The summed E-state index contributed by atoms with van der Waals surface area (Å²) in [5.41, 5.74) is 0. The molecule has 0 amide bonds. The molecular weight excluding hydrogens is 312 g/mol. The highest BCUT2D eigenvalue weighted by atomic mass is 32.2. The highest BCUT2D eigenvalue weighted by Crippen LogP contribution is 2.21. The van der Waals surface area contributed by atoms with Crippen LogP contribution in [0.5, 0.6) is 5.75 Å². The molecule has 2 unspecified atom stereocenters. The molecule has 130 valence electrons. The van der Waals surface area contributed by atoms with Gasteiger partial charge >= 0.3 is 0 Å². The molecule has 1 fully saturated rings. The van der Waals surface area contributed by atoms with Gasteiger partial charge in [-0.15, -0.1) is 0 Å². The minimum Gasteiger partial charge on any atom is -0.492 e. The van der Waals surface area contributed by atoms with Gasteiger partial charge in [-0.05, 0) is 42.5 Å². The highest BCUT2D eigenvalue weighted by Gasteiger charge is 2.21. The number of nitrogens with zero attached hydrogens (tertiary/aromatic N) is 2. The van der Waals surface area contributed by atoms with Crippen LogP contribution in [-0.4, -0.2) is 58.0 Å². The molecule has 0 radical (unpaired) electrons. The molecule has 23 heavy (non-hydrogen) atoms. The molecule has 1 aliphatic heterocycles. The molecule has 1 aromatic rings. The van der Waals surface area contributed by atoms with Crippen molar-refractivity contribution in [3.8, 4) is 5.75 Å². The Morgan fingerprint density at radius 2 is 1.70 bits per heavy atom. The van der Waals surface area contributed by atoms with E-state index in [9.17, 15) is 8.42 Å². The van der Waals surface area contributed by atoms with Crippen LogP contribution in [0.4, 0.5) is 0 Å². The Bertz CT molecular complexity index is 589. The van der Waals surface area contributed by atoms with Crippen LogP contribution >= 0.6 is 0 Å². The van der Waals surface area contributed by atoms with E-state index < -0.39 is 10.0 Å². The molecule has 0 spiro atoms. The Morgan fingerprint density at radius 3 is 2.22 bits per heavy atom. The predicted octanol–water partition coefficient (Wildman–Crippen LogP) is 2.29.